The molecular formula is C10H15NO4. The molecule has 0 unspecified atom stereocenters. The topological polar surface area (TPSA) is 76.4 Å². The maximum atomic E-state index is 11.3. The van der Waals surface area contributed by atoms with Crippen molar-refractivity contribution in [3.8, 4) is 6.07 Å². The second-order valence-electron chi connectivity index (χ2n) is 2.75. The van der Waals surface area contributed by atoms with Crippen molar-refractivity contribution in [2.24, 2.45) is 5.92 Å². The van der Waals surface area contributed by atoms with Gasteiger partial charge in [-0.2, -0.15) is 5.26 Å². The standard InChI is InChI=1S/C10H15NO4/c1-3-14-9(12)8(6-5-7-11)10(13)15-4-2/h8H,3-6H2,1-2H3. The molecule has 5 heteroatoms. The van der Waals surface area contributed by atoms with E-state index >= 15 is 0 Å². The molecule has 0 aliphatic rings. The van der Waals surface area contributed by atoms with Crippen LogP contribution >= 0.6 is 0 Å². The van der Waals surface area contributed by atoms with E-state index in [0.29, 0.717) is 0 Å². The summed E-state index contributed by atoms with van der Waals surface area (Å²) in [7, 11) is 0. The fourth-order valence-corrected chi connectivity index (χ4v) is 1.03. The second kappa shape index (κ2) is 7.80. The summed E-state index contributed by atoms with van der Waals surface area (Å²) in [6.45, 7) is 3.73. The zero-order valence-corrected chi connectivity index (χ0v) is 8.99. The van der Waals surface area contributed by atoms with Gasteiger partial charge in [-0.3, -0.25) is 9.59 Å². The zero-order chi connectivity index (χ0) is 11.7. The average Bonchev–Trinajstić information content (AvgIpc) is 2.19. The molecule has 0 saturated carbocycles. The van der Waals surface area contributed by atoms with Crippen LogP contribution in [0.3, 0.4) is 0 Å². The Morgan fingerprint density at radius 1 is 1.20 bits per heavy atom. The number of hydrogen-bond donors (Lipinski definition) is 0. The number of hydrogen-bond acceptors (Lipinski definition) is 5. The van der Waals surface area contributed by atoms with Gasteiger partial charge in [-0.25, -0.2) is 0 Å². The van der Waals surface area contributed by atoms with Crippen LogP contribution in [0.1, 0.15) is 26.7 Å². The summed E-state index contributed by atoms with van der Waals surface area (Å²) in [5.74, 6) is -2.21. The zero-order valence-electron chi connectivity index (χ0n) is 8.99. The minimum atomic E-state index is -0.968. The van der Waals surface area contributed by atoms with Crippen LogP contribution in [0, 0.1) is 17.2 Å². The summed E-state index contributed by atoms with van der Waals surface area (Å²) in [4.78, 5) is 22.7. The van der Waals surface area contributed by atoms with Gasteiger partial charge in [0.25, 0.3) is 0 Å². The Morgan fingerprint density at radius 3 is 2.00 bits per heavy atom. The predicted molar refractivity (Wildman–Crippen MR) is 51.6 cm³/mol. The lowest BCUT2D eigenvalue weighted by Crippen LogP contribution is -2.28. The monoisotopic (exact) mass is 213 g/mol. The molecule has 0 heterocycles. The highest BCUT2D eigenvalue weighted by molar-refractivity contribution is 5.94. The fraction of sp³-hybridized carbons (Fsp3) is 0.700. The quantitative estimate of drug-likeness (QED) is 0.486. The SMILES string of the molecule is CCOC(=O)C(CCC#N)C(=O)OCC. The molecule has 0 aromatic carbocycles. The van der Waals surface area contributed by atoms with E-state index in [4.69, 9.17) is 14.7 Å². The predicted octanol–water partition coefficient (Wildman–Crippen LogP) is 1.03. The van der Waals surface area contributed by atoms with E-state index in [2.05, 4.69) is 0 Å². The van der Waals surface area contributed by atoms with Gasteiger partial charge in [0.2, 0.25) is 0 Å². The second-order valence-corrected chi connectivity index (χ2v) is 2.75. The lowest BCUT2D eigenvalue weighted by Gasteiger charge is -2.12. The first-order valence-electron chi connectivity index (χ1n) is 4.87. The Kier molecular flexibility index (Phi) is 6.98. The maximum absolute atomic E-state index is 11.3. The van der Waals surface area contributed by atoms with Crippen molar-refractivity contribution in [1.29, 1.82) is 5.26 Å². The van der Waals surface area contributed by atoms with Crippen molar-refractivity contribution in [1.82, 2.24) is 0 Å². The largest absolute Gasteiger partial charge is 0.465 e. The Hall–Kier alpha value is -1.57. The summed E-state index contributed by atoms with van der Waals surface area (Å²) >= 11 is 0. The van der Waals surface area contributed by atoms with Gasteiger partial charge in [0.1, 0.15) is 0 Å². The molecule has 5 nitrogen and oxygen atoms in total. The first kappa shape index (κ1) is 13.4. The van der Waals surface area contributed by atoms with Crippen molar-refractivity contribution in [2.45, 2.75) is 26.7 Å². The molecule has 0 aliphatic carbocycles. The normalized spacial score (nSPS) is 9.47. The van der Waals surface area contributed by atoms with Crippen LogP contribution in [0.5, 0.6) is 0 Å². The molecule has 0 radical (unpaired) electrons. The third-order valence-electron chi connectivity index (χ3n) is 1.69. The summed E-state index contributed by atoms with van der Waals surface area (Å²) in [6, 6.07) is 1.88. The molecule has 0 saturated heterocycles. The molecule has 0 N–H and O–H groups in total. The fourth-order valence-electron chi connectivity index (χ4n) is 1.03. The molecule has 15 heavy (non-hydrogen) atoms. The highest BCUT2D eigenvalue weighted by atomic mass is 16.6. The van der Waals surface area contributed by atoms with Crippen LogP contribution in [0.4, 0.5) is 0 Å². The van der Waals surface area contributed by atoms with Crippen LogP contribution in [-0.4, -0.2) is 25.2 Å². The summed E-state index contributed by atoms with van der Waals surface area (Å²) < 4.78 is 9.44. The van der Waals surface area contributed by atoms with E-state index in [1.54, 1.807) is 13.8 Å². The Bertz CT molecular complexity index is 239. The number of carbonyl (C=O) groups excluding carboxylic acids is 2. The molecule has 0 aliphatic heterocycles. The van der Waals surface area contributed by atoms with Crippen molar-refractivity contribution >= 4 is 11.9 Å². The first-order valence-corrected chi connectivity index (χ1v) is 4.87. The van der Waals surface area contributed by atoms with E-state index in [1.165, 1.54) is 0 Å². The van der Waals surface area contributed by atoms with Crippen LogP contribution in [0.2, 0.25) is 0 Å². The van der Waals surface area contributed by atoms with Gasteiger partial charge in [-0.1, -0.05) is 0 Å². The molecule has 0 atom stereocenters. The number of rotatable bonds is 6. The van der Waals surface area contributed by atoms with Gasteiger partial charge in [-0.05, 0) is 20.3 Å². The first-order chi connectivity index (χ1) is 7.17. The van der Waals surface area contributed by atoms with Crippen LogP contribution in [0.25, 0.3) is 0 Å². The summed E-state index contributed by atoms with van der Waals surface area (Å²) in [5, 5.41) is 8.38. The molecule has 0 fully saturated rings. The summed E-state index contributed by atoms with van der Waals surface area (Å²) in [6.07, 6.45) is 0.274. The number of carbonyl (C=O) groups is 2. The minimum Gasteiger partial charge on any atom is -0.465 e. The maximum Gasteiger partial charge on any atom is 0.320 e. The summed E-state index contributed by atoms with van der Waals surface area (Å²) in [5.41, 5.74) is 0. The Balaban J connectivity index is 4.36. The number of esters is 2. The molecule has 0 spiro atoms. The van der Waals surface area contributed by atoms with Crippen LogP contribution in [-0.2, 0) is 19.1 Å². The number of nitriles is 1. The van der Waals surface area contributed by atoms with E-state index in [1.807, 2.05) is 6.07 Å². The molecule has 84 valence electrons. The van der Waals surface area contributed by atoms with E-state index in [0.717, 1.165) is 0 Å². The van der Waals surface area contributed by atoms with Gasteiger partial charge >= 0.3 is 11.9 Å². The van der Waals surface area contributed by atoms with Crippen molar-refractivity contribution < 1.29 is 19.1 Å². The number of ether oxygens (including phenoxy) is 2. The molecule has 0 bridgehead atoms. The lowest BCUT2D eigenvalue weighted by molar-refractivity contribution is -0.161. The van der Waals surface area contributed by atoms with Crippen LogP contribution < -0.4 is 0 Å². The average molecular weight is 213 g/mol. The van der Waals surface area contributed by atoms with Gasteiger partial charge < -0.3 is 9.47 Å². The molecular weight excluding hydrogens is 198 g/mol. The van der Waals surface area contributed by atoms with Crippen LogP contribution in [0.15, 0.2) is 0 Å². The van der Waals surface area contributed by atoms with Gasteiger partial charge in [0.15, 0.2) is 5.92 Å². The highest BCUT2D eigenvalue weighted by Gasteiger charge is 2.28. The third-order valence-corrected chi connectivity index (χ3v) is 1.69. The molecule has 0 amide bonds. The molecule has 0 aromatic heterocycles. The van der Waals surface area contributed by atoms with Gasteiger partial charge in [0.05, 0.1) is 19.3 Å². The van der Waals surface area contributed by atoms with Crippen molar-refractivity contribution in [3.63, 3.8) is 0 Å². The highest BCUT2D eigenvalue weighted by Crippen LogP contribution is 2.11. The lowest BCUT2D eigenvalue weighted by atomic mass is 10.0. The minimum absolute atomic E-state index is 0.127. The molecule has 0 aromatic rings. The smallest absolute Gasteiger partial charge is 0.320 e. The van der Waals surface area contributed by atoms with Crippen molar-refractivity contribution in [3.05, 3.63) is 0 Å². The Morgan fingerprint density at radius 2 is 1.67 bits per heavy atom. The molecule has 0 rings (SSSR count). The Labute approximate surface area is 89.0 Å². The van der Waals surface area contributed by atoms with E-state index in [9.17, 15) is 9.59 Å². The van der Waals surface area contributed by atoms with Gasteiger partial charge in [0, 0.05) is 6.42 Å². The van der Waals surface area contributed by atoms with Gasteiger partial charge in [-0.15, -0.1) is 0 Å². The van der Waals surface area contributed by atoms with Crippen molar-refractivity contribution in [2.75, 3.05) is 13.2 Å². The third kappa shape index (κ3) is 5.01. The van der Waals surface area contributed by atoms with E-state index in [-0.39, 0.29) is 26.1 Å². The number of nitrogens with zero attached hydrogens (tertiary/aromatic N) is 1. The van der Waals surface area contributed by atoms with E-state index < -0.39 is 17.9 Å².